The summed E-state index contributed by atoms with van der Waals surface area (Å²) in [4.78, 5) is 6.53. The fourth-order valence-electron chi connectivity index (χ4n) is 2.66. The molecule has 1 saturated carbocycles. The van der Waals surface area contributed by atoms with Crippen LogP contribution in [0.15, 0.2) is 27.4 Å². The molecule has 0 aliphatic heterocycles. The van der Waals surface area contributed by atoms with Gasteiger partial charge < -0.3 is 10.2 Å². The average molecular weight is 291 g/mol. The first-order valence-electron chi connectivity index (χ1n) is 7.06. The Bertz CT molecular complexity index is 551. The topological polar surface area (TPSA) is 55.3 Å². The fraction of sp³-hybridized carbons (Fsp3) is 0.533. The Labute approximate surface area is 123 Å². The summed E-state index contributed by atoms with van der Waals surface area (Å²) in [5.74, 6) is 3.47. The van der Waals surface area contributed by atoms with E-state index in [9.17, 15) is 0 Å². The van der Waals surface area contributed by atoms with E-state index in [1.165, 1.54) is 6.42 Å². The van der Waals surface area contributed by atoms with Gasteiger partial charge in [-0.15, -0.1) is 11.3 Å². The highest BCUT2D eigenvalue weighted by atomic mass is 32.1. The van der Waals surface area contributed by atoms with Crippen molar-refractivity contribution in [1.82, 2.24) is 9.88 Å². The lowest BCUT2D eigenvalue weighted by atomic mass is 10.2. The van der Waals surface area contributed by atoms with Crippen molar-refractivity contribution in [3.05, 3.63) is 40.2 Å². The van der Waals surface area contributed by atoms with Crippen molar-refractivity contribution in [3.63, 3.8) is 0 Å². The molecule has 1 aliphatic rings. The SMILES string of the molecule is CC1CC1c1ccc(C(CN)N(C)Cc2cscn2)o1. The van der Waals surface area contributed by atoms with Gasteiger partial charge in [-0.2, -0.15) is 0 Å². The van der Waals surface area contributed by atoms with E-state index in [1.54, 1.807) is 11.3 Å². The summed E-state index contributed by atoms with van der Waals surface area (Å²) in [7, 11) is 2.07. The number of likely N-dealkylation sites (N-methyl/N-ethyl adjacent to an activating group) is 1. The Morgan fingerprint density at radius 3 is 2.95 bits per heavy atom. The van der Waals surface area contributed by atoms with Crippen LogP contribution in [0, 0.1) is 5.92 Å². The van der Waals surface area contributed by atoms with Crippen molar-refractivity contribution in [1.29, 1.82) is 0 Å². The first-order valence-corrected chi connectivity index (χ1v) is 8.00. The van der Waals surface area contributed by atoms with Crippen LogP contribution in [0.1, 0.15) is 42.5 Å². The van der Waals surface area contributed by atoms with Crippen LogP contribution in [-0.2, 0) is 6.54 Å². The highest BCUT2D eigenvalue weighted by molar-refractivity contribution is 7.07. The van der Waals surface area contributed by atoms with Gasteiger partial charge in [0.15, 0.2) is 0 Å². The second-order valence-corrected chi connectivity index (χ2v) is 6.42. The van der Waals surface area contributed by atoms with Crippen LogP contribution in [-0.4, -0.2) is 23.5 Å². The minimum absolute atomic E-state index is 0.111. The van der Waals surface area contributed by atoms with Gasteiger partial charge in [0, 0.05) is 24.4 Å². The molecule has 3 unspecified atom stereocenters. The molecule has 0 amide bonds. The third kappa shape index (κ3) is 2.80. The number of furan rings is 1. The lowest BCUT2D eigenvalue weighted by molar-refractivity contribution is 0.208. The van der Waals surface area contributed by atoms with Gasteiger partial charge in [-0.25, -0.2) is 4.98 Å². The molecule has 2 aromatic rings. The van der Waals surface area contributed by atoms with Crippen LogP contribution in [0.25, 0.3) is 0 Å². The Hall–Kier alpha value is -1.17. The van der Waals surface area contributed by atoms with Crippen LogP contribution in [0.5, 0.6) is 0 Å². The number of nitrogens with zero attached hydrogens (tertiary/aromatic N) is 2. The number of hydrogen-bond donors (Lipinski definition) is 1. The minimum Gasteiger partial charge on any atom is -0.464 e. The maximum absolute atomic E-state index is 6.03. The van der Waals surface area contributed by atoms with Crippen LogP contribution in [0.3, 0.4) is 0 Å². The molecule has 0 aromatic carbocycles. The first kappa shape index (κ1) is 13.8. The zero-order chi connectivity index (χ0) is 14.1. The maximum atomic E-state index is 6.03. The predicted octanol–water partition coefficient (Wildman–Crippen LogP) is 2.99. The zero-order valence-corrected chi connectivity index (χ0v) is 12.8. The third-order valence-corrected chi connectivity index (χ3v) is 4.74. The molecule has 2 heterocycles. The van der Waals surface area contributed by atoms with Gasteiger partial charge >= 0.3 is 0 Å². The molecule has 0 spiro atoms. The van der Waals surface area contributed by atoms with E-state index in [0.717, 1.165) is 29.7 Å². The summed E-state index contributed by atoms with van der Waals surface area (Å²) in [6.45, 7) is 3.61. The van der Waals surface area contributed by atoms with Crippen molar-refractivity contribution in [2.75, 3.05) is 13.6 Å². The number of nitrogens with two attached hydrogens (primary N) is 1. The second-order valence-electron chi connectivity index (χ2n) is 5.71. The Morgan fingerprint density at radius 2 is 2.35 bits per heavy atom. The molecule has 0 bridgehead atoms. The third-order valence-electron chi connectivity index (χ3n) is 4.10. The molecule has 2 aromatic heterocycles. The first-order chi connectivity index (χ1) is 9.69. The molecule has 4 nitrogen and oxygen atoms in total. The summed E-state index contributed by atoms with van der Waals surface area (Å²) in [6.07, 6.45) is 1.24. The molecule has 108 valence electrons. The zero-order valence-electron chi connectivity index (χ0n) is 12.0. The van der Waals surface area contributed by atoms with Crippen molar-refractivity contribution in [3.8, 4) is 0 Å². The quantitative estimate of drug-likeness (QED) is 0.889. The molecule has 0 saturated heterocycles. The van der Waals surface area contributed by atoms with E-state index < -0.39 is 0 Å². The maximum Gasteiger partial charge on any atom is 0.122 e. The van der Waals surface area contributed by atoms with E-state index in [0.29, 0.717) is 12.5 Å². The Morgan fingerprint density at radius 1 is 1.55 bits per heavy atom. The van der Waals surface area contributed by atoms with Crippen molar-refractivity contribution < 1.29 is 4.42 Å². The Kier molecular flexibility index (Phi) is 3.92. The highest BCUT2D eigenvalue weighted by Crippen LogP contribution is 2.47. The van der Waals surface area contributed by atoms with Gasteiger partial charge in [0.05, 0.1) is 17.2 Å². The molecule has 20 heavy (non-hydrogen) atoms. The molecule has 2 N–H and O–H groups in total. The molecular formula is C15H21N3OS. The average Bonchev–Trinajstić information content (AvgIpc) is 2.88. The lowest BCUT2D eigenvalue weighted by Crippen LogP contribution is -2.30. The normalized spacial score (nSPS) is 23.2. The lowest BCUT2D eigenvalue weighted by Gasteiger charge is -2.24. The molecular weight excluding hydrogens is 270 g/mol. The number of thiazole rings is 1. The standard InChI is InChI=1S/C15H21N3OS/c1-10-5-12(10)14-3-4-15(19-14)13(6-16)18(2)7-11-8-20-9-17-11/h3-4,8-10,12-13H,5-7,16H2,1-2H3. The van der Waals surface area contributed by atoms with Crippen molar-refractivity contribution in [2.24, 2.45) is 11.7 Å². The molecule has 1 fully saturated rings. The summed E-state index contributed by atoms with van der Waals surface area (Å²) in [5, 5.41) is 2.07. The molecule has 1 aliphatic carbocycles. The van der Waals surface area contributed by atoms with Crippen LogP contribution < -0.4 is 5.73 Å². The molecule has 3 rings (SSSR count). The summed E-state index contributed by atoms with van der Waals surface area (Å²) < 4.78 is 6.03. The highest BCUT2D eigenvalue weighted by Gasteiger charge is 2.37. The largest absolute Gasteiger partial charge is 0.464 e. The second kappa shape index (κ2) is 5.68. The fourth-order valence-corrected chi connectivity index (χ4v) is 3.21. The number of rotatable bonds is 6. The molecule has 0 radical (unpaired) electrons. The molecule has 3 atom stereocenters. The van der Waals surface area contributed by atoms with E-state index in [-0.39, 0.29) is 6.04 Å². The van der Waals surface area contributed by atoms with Crippen LogP contribution >= 0.6 is 11.3 Å². The smallest absolute Gasteiger partial charge is 0.122 e. The number of hydrogen-bond acceptors (Lipinski definition) is 5. The summed E-state index contributed by atoms with van der Waals surface area (Å²) >= 11 is 1.62. The minimum atomic E-state index is 0.111. The van der Waals surface area contributed by atoms with Crippen LogP contribution in [0.2, 0.25) is 0 Å². The van der Waals surface area contributed by atoms with Gasteiger partial charge in [-0.05, 0) is 31.5 Å². The molecule has 5 heteroatoms. The van der Waals surface area contributed by atoms with Gasteiger partial charge in [0.1, 0.15) is 11.5 Å². The van der Waals surface area contributed by atoms with Gasteiger partial charge in [0.2, 0.25) is 0 Å². The summed E-state index contributed by atoms with van der Waals surface area (Å²) in [6, 6.07) is 4.30. The monoisotopic (exact) mass is 291 g/mol. The predicted molar refractivity (Wildman–Crippen MR) is 80.6 cm³/mol. The number of aromatic nitrogens is 1. The van der Waals surface area contributed by atoms with Crippen molar-refractivity contribution in [2.45, 2.75) is 31.8 Å². The Balaban J connectivity index is 1.70. The van der Waals surface area contributed by atoms with E-state index in [2.05, 4.69) is 41.4 Å². The van der Waals surface area contributed by atoms with E-state index >= 15 is 0 Å². The van der Waals surface area contributed by atoms with Crippen molar-refractivity contribution >= 4 is 11.3 Å². The van der Waals surface area contributed by atoms with E-state index in [4.69, 9.17) is 10.2 Å². The summed E-state index contributed by atoms with van der Waals surface area (Å²) in [5.41, 5.74) is 8.89. The van der Waals surface area contributed by atoms with Gasteiger partial charge in [-0.1, -0.05) is 6.92 Å². The van der Waals surface area contributed by atoms with Crippen LogP contribution in [0.4, 0.5) is 0 Å². The van der Waals surface area contributed by atoms with E-state index in [1.807, 2.05) is 5.51 Å². The van der Waals surface area contributed by atoms with Gasteiger partial charge in [0.25, 0.3) is 0 Å². The van der Waals surface area contributed by atoms with Gasteiger partial charge in [-0.3, -0.25) is 4.90 Å².